The van der Waals surface area contributed by atoms with Gasteiger partial charge < -0.3 is 30.3 Å². The van der Waals surface area contributed by atoms with Crippen molar-refractivity contribution in [1.29, 1.82) is 0 Å². The third-order valence-corrected chi connectivity index (χ3v) is 4.35. The number of carbonyl (C=O) groups excluding carboxylic acids is 2. The molecule has 0 unspecified atom stereocenters. The Morgan fingerprint density at radius 2 is 1.79 bits per heavy atom. The molecule has 0 radical (unpaired) electrons. The van der Waals surface area contributed by atoms with Gasteiger partial charge in [-0.05, 0) is 24.3 Å². The van der Waals surface area contributed by atoms with Crippen molar-refractivity contribution in [2.45, 2.75) is 44.5 Å². The van der Waals surface area contributed by atoms with E-state index in [2.05, 4.69) is 14.8 Å². The number of hydrogen-bond acceptors (Lipinski definition) is 9. The van der Waals surface area contributed by atoms with Gasteiger partial charge in [-0.1, -0.05) is 0 Å². The van der Waals surface area contributed by atoms with Crippen LogP contribution in [0.15, 0.2) is 24.3 Å². The molecule has 0 aliphatic carbocycles. The van der Waals surface area contributed by atoms with Gasteiger partial charge in [0.2, 0.25) is 18.1 Å². The number of carbonyl (C=O) groups is 2. The topological polar surface area (TPSA) is 181 Å². The van der Waals surface area contributed by atoms with E-state index in [0.717, 1.165) is 6.92 Å². The van der Waals surface area contributed by atoms with Crippen molar-refractivity contribution in [3.63, 3.8) is 0 Å². The lowest BCUT2D eigenvalue weighted by Crippen LogP contribution is -2.66. The van der Waals surface area contributed by atoms with Gasteiger partial charge in [0.1, 0.15) is 30.1 Å². The summed E-state index contributed by atoms with van der Waals surface area (Å²) in [6.07, 6.45) is -6.14. The highest BCUT2D eigenvalue weighted by atomic mass is 32.3. The van der Waals surface area contributed by atoms with Crippen LogP contribution in [-0.4, -0.2) is 72.2 Å². The van der Waals surface area contributed by atoms with Crippen LogP contribution in [0.1, 0.15) is 13.8 Å². The molecule has 162 valence electrons. The first-order valence-corrected chi connectivity index (χ1v) is 9.78. The molecule has 0 bridgehead atoms. The zero-order chi connectivity index (χ0) is 21.8. The molecular weight excluding hydrogens is 412 g/mol. The smallest absolute Gasteiger partial charge is 0.397 e. The van der Waals surface area contributed by atoms with Gasteiger partial charge in [0, 0.05) is 19.5 Å². The average Bonchev–Trinajstić information content (AvgIpc) is 2.60. The Morgan fingerprint density at radius 3 is 2.28 bits per heavy atom. The molecule has 12 nitrogen and oxygen atoms in total. The summed E-state index contributed by atoms with van der Waals surface area (Å²) < 4.78 is 46.5. The summed E-state index contributed by atoms with van der Waals surface area (Å²) in [5.41, 5.74) is 0.503. The van der Waals surface area contributed by atoms with E-state index in [0.29, 0.717) is 5.69 Å². The first-order chi connectivity index (χ1) is 13.5. The van der Waals surface area contributed by atoms with Crippen LogP contribution in [0.4, 0.5) is 5.69 Å². The van der Waals surface area contributed by atoms with Crippen molar-refractivity contribution in [2.75, 3.05) is 11.9 Å². The number of aliphatic hydroxyl groups is 2. The Bertz CT molecular complexity index is 829. The molecule has 1 aromatic rings. The van der Waals surface area contributed by atoms with Crippen LogP contribution in [0.3, 0.4) is 0 Å². The van der Waals surface area contributed by atoms with Crippen LogP contribution >= 0.6 is 0 Å². The first kappa shape index (κ1) is 23.0. The minimum absolute atomic E-state index is 0.234. The Balaban J connectivity index is 2.24. The summed E-state index contributed by atoms with van der Waals surface area (Å²) in [6, 6.07) is 4.76. The number of hydrogen-bond donors (Lipinski definition) is 5. The van der Waals surface area contributed by atoms with E-state index in [-0.39, 0.29) is 11.7 Å². The fourth-order valence-corrected chi connectivity index (χ4v) is 3.29. The predicted octanol–water partition coefficient (Wildman–Crippen LogP) is -1.21. The number of rotatable bonds is 7. The third kappa shape index (κ3) is 6.62. The van der Waals surface area contributed by atoms with Crippen molar-refractivity contribution >= 4 is 27.9 Å². The second kappa shape index (κ2) is 9.47. The highest BCUT2D eigenvalue weighted by Crippen LogP contribution is 2.27. The van der Waals surface area contributed by atoms with Crippen LogP contribution in [0.2, 0.25) is 0 Å². The minimum Gasteiger partial charge on any atom is -0.463 e. The van der Waals surface area contributed by atoms with Gasteiger partial charge in [0.15, 0.2) is 0 Å². The molecule has 2 amide bonds. The number of anilines is 1. The second-order valence-corrected chi connectivity index (χ2v) is 7.30. The number of amides is 2. The Hall–Kier alpha value is -2.29. The molecule has 13 heteroatoms. The van der Waals surface area contributed by atoms with E-state index >= 15 is 0 Å². The van der Waals surface area contributed by atoms with Gasteiger partial charge in [-0.15, -0.1) is 0 Å². The molecule has 0 spiro atoms. The van der Waals surface area contributed by atoms with Crippen LogP contribution in [0.5, 0.6) is 5.75 Å². The van der Waals surface area contributed by atoms with Crippen molar-refractivity contribution in [2.24, 2.45) is 0 Å². The molecule has 5 atom stereocenters. The van der Waals surface area contributed by atoms with E-state index < -0.39 is 53.6 Å². The summed E-state index contributed by atoms with van der Waals surface area (Å²) in [4.78, 5) is 22.6. The molecule has 1 saturated heterocycles. The maximum Gasteiger partial charge on any atom is 0.397 e. The Morgan fingerprint density at radius 1 is 1.17 bits per heavy atom. The lowest BCUT2D eigenvalue weighted by molar-refractivity contribution is -0.239. The van der Waals surface area contributed by atoms with Crippen molar-refractivity contribution in [1.82, 2.24) is 5.32 Å². The van der Waals surface area contributed by atoms with Gasteiger partial charge in [0.05, 0.1) is 6.61 Å². The van der Waals surface area contributed by atoms with Gasteiger partial charge >= 0.3 is 10.4 Å². The molecule has 1 fully saturated rings. The normalized spacial score (nSPS) is 27.1. The number of benzene rings is 1. The summed E-state index contributed by atoms with van der Waals surface area (Å²) >= 11 is 0. The Kier molecular flexibility index (Phi) is 7.51. The Labute approximate surface area is 166 Å². The molecule has 2 rings (SSSR count). The highest BCUT2D eigenvalue weighted by molar-refractivity contribution is 7.80. The maximum atomic E-state index is 11.5. The maximum absolute atomic E-state index is 11.5. The zero-order valence-corrected chi connectivity index (χ0v) is 16.3. The van der Waals surface area contributed by atoms with Crippen LogP contribution in [-0.2, 0) is 28.9 Å². The monoisotopic (exact) mass is 434 g/mol. The summed E-state index contributed by atoms with van der Waals surface area (Å²) in [6.45, 7) is 1.73. The molecule has 1 aliphatic heterocycles. The fraction of sp³-hybridized carbons (Fsp3) is 0.500. The highest BCUT2D eigenvalue weighted by Gasteiger charge is 2.49. The third-order valence-electron chi connectivity index (χ3n) is 3.88. The molecule has 5 N–H and O–H groups in total. The van der Waals surface area contributed by atoms with E-state index in [9.17, 15) is 28.2 Å². The van der Waals surface area contributed by atoms with E-state index in [1.807, 2.05) is 0 Å². The van der Waals surface area contributed by atoms with E-state index in [1.165, 1.54) is 31.2 Å². The van der Waals surface area contributed by atoms with Crippen LogP contribution < -0.4 is 15.4 Å². The van der Waals surface area contributed by atoms with Gasteiger partial charge in [-0.25, -0.2) is 4.18 Å². The average molecular weight is 434 g/mol. The molecule has 0 saturated carbocycles. The van der Waals surface area contributed by atoms with E-state index in [4.69, 9.17) is 14.0 Å². The fourth-order valence-electron chi connectivity index (χ4n) is 2.77. The molecular formula is C16H22N2O10S. The van der Waals surface area contributed by atoms with Gasteiger partial charge in [-0.3, -0.25) is 14.1 Å². The predicted molar refractivity (Wildman–Crippen MR) is 97.2 cm³/mol. The van der Waals surface area contributed by atoms with Crippen molar-refractivity contribution in [3.05, 3.63) is 24.3 Å². The summed E-state index contributed by atoms with van der Waals surface area (Å²) in [7, 11) is -4.98. The lowest BCUT2D eigenvalue weighted by atomic mass is 9.97. The van der Waals surface area contributed by atoms with Gasteiger partial charge in [-0.2, -0.15) is 8.42 Å². The quantitative estimate of drug-likeness (QED) is 0.327. The second-order valence-electron chi connectivity index (χ2n) is 6.25. The summed E-state index contributed by atoms with van der Waals surface area (Å²) in [5, 5.41) is 24.9. The van der Waals surface area contributed by atoms with Crippen molar-refractivity contribution in [3.8, 4) is 5.75 Å². The summed E-state index contributed by atoms with van der Waals surface area (Å²) in [5.74, 6) is -0.614. The van der Waals surface area contributed by atoms with E-state index in [1.54, 1.807) is 0 Å². The molecule has 29 heavy (non-hydrogen) atoms. The zero-order valence-electron chi connectivity index (χ0n) is 15.5. The first-order valence-electron chi connectivity index (χ1n) is 8.41. The van der Waals surface area contributed by atoms with Crippen LogP contribution in [0, 0.1) is 0 Å². The number of aliphatic hydroxyl groups excluding tert-OH is 2. The largest absolute Gasteiger partial charge is 0.463 e. The van der Waals surface area contributed by atoms with Crippen LogP contribution in [0.25, 0.3) is 0 Å². The molecule has 1 aliphatic rings. The standard InChI is InChI=1S/C16H22N2O10S/c1-8(20)17-10-3-5-11(6-4-10)26-16-13(18-9(2)21)14(22)15(12(7-19)27-16)28-29(23,24)25/h3-6,12-16,19,22H,7H2,1-2H3,(H,17,20)(H,18,21)(H,23,24,25)/t12-,13-,14-,15-,16-/m1/s1. The van der Waals surface area contributed by atoms with Gasteiger partial charge in [0.25, 0.3) is 0 Å². The lowest BCUT2D eigenvalue weighted by Gasteiger charge is -2.43. The van der Waals surface area contributed by atoms with Crippen molar-refractivity contribution < 1.29 is 46.4 Å². The SMILES string of the molecule is CC(=O)Nc1ccc(O[C@@H]2O[C@H](CO)[C@@H](OS(=O)(=O)O)[C@H](O)[C@H]2NC(C)=O)cc1. The molecule has 1 heterocycles. The number of ether oxygens (including phenoxy) is 2. The minimum atomic E-state index is -4.98. The molecule has 1 aromatic carbocycles. The number of nitrogens with one attached hydrogen (secondary N) is 2. The molecule has 0 aromatic heterocycles.